The fourth-order valence-electron chi connectivity index (χ4n) is 2.51. The van der Waals surface area contributed by atoms with E-state index in [2.05, 4.69) is 10.4 Å². The second-order valence-corrected chi connectivity index (χ2v) is 9.93. The second kappa shape index (κ2) is 7.64. The van der Waals surface area contributed by atoms with Crippen molar-refractivity contribution in [1.29, 1.82) is 0 Å². The van der Waals surface area contributed by atoms with E-state index in [0.717, 1.165) is 5.56 Å². The van der Waals surface area contributed by atoms with Crippen LogP contribution in [0.3, 0.4) is 0 Å². The van der Waals surface area contributed by atoms with Gasteiger partial charge in [-0.05, 0) is 17.3 Å². The zero-order valence-electron chi connectivity index (χ0n) is 17.1. The number of thioether (sulfide) groups is 1. The van der Waals surface area contributed by atoms with Gasteiger partial charge in [-0.25, -0.2) is 5.01 Å². The van der Waals surface area contributed by atoms with Crippen LogP contribution in [0.25, 0.3) is 0 Å². The maximum atomic E-state index is 13.2. The summed E-state index contributed by atoms with van der Waals surface area (Å²) >= 11 is 1.33. The van der Waals surface area contributed by atoms with Crippen molar-refractivity contribution in [3.8, 4) is 0 Å². The Bertz CT molecular complexity index is 735. The SMILES string of the molecule is COCC1(c2ccccc2)SC(NC(=O)C(C)(C)C)=NN1C(=O)C(C)(C)C. The first kappa shape index (κ1) is 21.4. The highest BCUT2D eigenvalue weighted by molar-refractivity contribution is 8.14. The molecule has 1 aliphatic rings. The molecule has 148 valence electrons. The lowest BCUT2D eigenvalue weighted by Gasteiger charge is -2.37. The Morgan fingerprint density at radius 1 is 1.11 bits per heavy atom. The first-order chi connectivity index (χ1) is 12.4. The number of nitrogens with zero attached hydrogens (tertiary/aromatic N) is 2. The van der Waals surface area contributed by atoms with E-state index in [1.54, 1.807) is 7.11 Å². The highest BCUT2D eigenvalue weighted by Crippen LogP contribution is 2.47. The third-order valence-electron chi connectivity index (χ3n) is 4.10. The number of hydrazone groups is 1. The Morgan fingerprint density at radius 3 is 2.19 bits per heavy atom. The molecule has 7 heteroatoms. The van der Waals surface area contributed by atoms with E-state index in [9.17, 15) is 9.59 Å². The lowest BCUT2D eigenvalue weighted by Crippen LogP contribution is -2.48. The summed E-state index contributed by atoms with van der Waals surface area (Å²) in [7, 11) is 1.59. The molecule has 0 fully saturated rings. The van der Waals surface area contributed by atoms with E-state index in [0.29, 0.717) is 5.17 Å². The number of carbonyl (C=O) groups excluding carboxylic acids is 2. The standard InChI is InChI=1S/C20H29N3O3S/c1-18(2,3)15(24)21-17-22-23(16(25)19(4,5)6)20(27-17,13-26-7)14-11-9-8-10-12-14/h8-12H,13H2,1-7H3,(H,21,22,24). The van der Waals surface area contributed by atoms with Crippen LogP contribution < -0.4 is 5.32 Å². The quantitative estimate of drug-likeness (QED) is 0.855. The van der Waals surface area contributed by atoms with Gasteiger partial charge in [-0.2, -0.15) is 0 Å². The molecule has 0 aromatic heterocycles. The van der Waals surface area contributed by atoms with Crippen LogP contribution in [0.2, 0.25) is 0 Å². The highest BCUT2D eigenvalue weighted by atomic mass is 32.2. The summed E-state index contributed by atoms with van der Waals surface area (Å²) in [6.07, 6.45) is 0. The molecular weight excluding hydrogens is 362 g/mol. The fourth-order valence-corrected chi connectivity index (χ4v) is 3.73. The molecule has 1 N–H and O–H groups in total. The summed E-state index contributed by atoms with van der Waals surface area (Å²) in [6, 6.07) is 9.64. The highest BCUT2D eigenvalue weighted by Gasteiger charge is 2.51. The third-order valence-corrected chi connectivity index (χ3v) is 5.34. The summed E-state index contributed by atoms with van der Waals surface area (Å²) in [5, 5.41) is 9.23. The Kier molecular flexibility index (Phi) is 6.06. The van der Waals surface area contributed by atoms with E-state index in [-0.39, 0.29) is 18.4 Å². The fraction of sp³-hybridized carbons (Fsp3) is 0.550. The van der Waals surface area contributed by atoms with Crippen LogP contribution in [-0.4, -0.2) is 35.7 Å². The molecule has 2 rings (SSSR count). The predicted octanol–water partition coefficient (Wildman–Crippen LogP) is 3.54. The van der Waals surface area contributed by atoms with E-state index >= 15 is 0 Å². The summed E-state index contributed by atoms with van der Waals surface area (Å²) in [6.45, 7) is 11.3. The average molecular weight is 392 g/mol. The lowest BCUT2D eigenvalue weighted by molar-refractivity contribution is -0.144. The zero-order valence-corrected chi connectivity index (χ0v) is 17.9. The van der Waals surface area contributed by atoms with E-state index in [4.69, 9.17) is 4.74 Å². The van der Waals surface area contributed by atoms with Gasteiger partial charge in [0.2, 0.25) is 11.8 Å². The van der Waals surface area contributed by atoms with E-state index in [1.165, 1.54) is 16.8 Å². The van der Waals surface area contributed by atoms with Gasteiger partial charge in [0.25, 0.3) is 0 Å². The Labute approximate surface area is 165 Å². The number of amidine groups is 1. The number of benzene rings is 1. The second-order valence-electron chi connectivity index (χ2n) is 8.66. The van der Waals surface area contributed by atoms with Crippen LogP contribution in [0.15, 0.2) is 35.4 Å². The topological polar surface area (TPSA) is 71.0 Å². The van der Waals surface area contributed by atoms with Gasteiger partial charge in [-0.1, -0.05) is 71.9 Å². The van der Waals surface area contributed by atoms with Gasteiger partial charge in [-0.3, -0.25) is 9.59 Å². The number of methoxy groups -OCH3 is 1. The maximum absolute atomic E-state index is 13.2. The summed E-state index contributed by atoms with van der Waals surface area (Å²) in [5.74, 6) is -0.297. The van der Waals surface area contributed by atoms with Gasteiger partial charge in [0, 0.05) is 17.9 Å². The molecule has 0 bridgehead atoms. The first-order valence-electron chi connectivity index (χ1n) is 8.90. The maximum Gasteiger partial charge on any atom is 0.249 e. The van der Waals surface area contributed by atoms with Crippen molar-refractivity contribution in [3.63, 3.8) is 0 Å². The molecule has 0 saturated heterocycles. The van der Waals surface area contributed by atoms with Gasteiger partial charge >= 0.3 is 0 Å². The minimum absolute atomic E-state index is 0.143. The van der Waals surface area contributed by atoms with Gasteiger partial charge in [0.15, 0.2) is 10.0 Å². The molecule has 1 aromatic carbocycles. The zero-order chi connectivity index (χ0) is 20.5. The summed E-state index contributed by atoms with van der Waals surface area (Å²) < 4.78 is 5.50. The molecule has 1 unspecified atom stereocenters. The van der Waals surface area contributed by atoms with E-state index in [1.807, 2.05) is 71.9 Å². The van der Waals surface area contributed by atoms with Crippen LogP contribution in [0.5, 0.6) is 0 Å². The van der Waals surface area contributed by atoms with Crippen molar-refractivity contribution in [2.45, 2.75) is 46.4 Å². The molecule has 0 saturated carbocycles. The van der Waals surface area contributed by atoms with Gasteiger partial charge in [0.05, 0.1) is 6.61 Å². The number of ether oxygens (including phenoxy) is 1. The van der Waals surface area contributed by atoms with Gasteiger partial charge in [-0.15, -0.1) is 5.10 Å². The smallest absolute Gasteiger partial charge is 0.249 e. The molecule has 6 nitrogen and oxygen atoms in total. The number of amides is 2. The molecular formula is C20H29N3O3S. The van der Waals surface area contributed by atoms with Crippen LogP contribution in [0, 0.1) is 10.8 Å². The number of nitrogens with one attached hydrogen (secondary N) is 1. The molecule has 0 radical (unpaired) electrons. The van der Waals surface area contributed by atoms with Crippen molar-refractivity contribution < 1.29 is 14.3 Å². The van der Waals surface area contributed by atoms with Crippen LogP contribution in [0.4, 0.5) is 0 Å². The Hall–Kier alpha value is -1.86. The van der Waals surface area contributed by atoms with Crippen molar-refractivity contribution in [2.75, 3.05) is 13.7 Å². The molecule has 2 amide bonds. The molecule has 1 aliphatic heterocycles. The Balaban J connectivity index is 2.51. The molecule has 0 aliphatic carbocycles. The molecule has 27 heavy (non-hydrogen) atoms. The largest absolute Gasteiger partial charge is 0.381 e. The lowest BCUT2D eigenvalue weighted by atomic mass is 9.93. The molecule has 0 spiro atoms. The normalized spacial score (nSPS) is 20.4. The third kappa shape index (κ3) is 4.52. The minimum Gasteiger partial charge on any atom is -0.381 e. The van der Waals surface area contributed by atoms with Crippen LogP contribution in [0.1, 0.15) is 47.1 Å². The predicted molar refractivity (Wildman–Crippen MR) is 109 cm³/mol. The summed E-state index contributed by atoms with van der Waals surface area (Å²) in [5.41, 5.74) is -0.319. The van der Waals surface area contributed by atoms with Crippen LogP contribution in [-0.2, 0) is 19.2 Å². The number of hydrogen-bond donors (Lipinski definition) is 1. The van der Waals surface area contributed by atoms with Crippen molar-refractivity contribution in [2.24, 2.45) is 15.9 Å². The summed E-state index contributed by atoms with van der Waals surface area (Å²) in [4.78, 5) is 24.8. The van der Waals surface area contributed by atoms with E-state index < -0.39 is 15.7 Å². The van der Waals surface area contributed by atoms with Gasteiger partial charge < -0.3 is 10.1 Å². The first-order valence-corrected chi connectivity index (χ1v) is 9.71. The van der Waals surface area contributed by atoms with Gasteiger partial charge in [0.1, 0.15) is 0 Å². The molecule has 1 heterocycles. The number of rotatable bonds is 3. The van der Waals surface area contributed by atoms with Crippen molar-refractivity contribution in [1.82, 2.24) is 10.3 Å². The number of hydrogen-bond acceptors (Lipinski definition) is 5. The molecule has 1 atom stereocenters. The average Bonchev–Trinajstić information content (AvgIpc) is 2.92. The minimum atomic E-state index is -0.874. The van der Waals surface area contributed by atoms with Crippen molar-refractivity contribution in [3.05, 3.63) is 35.9 Å². The van der Waals surface area contributed by atoms with Crippen LogP contribution >= 0.6 is 11.8 Å². The number of carbonyl (C=O) groups is 2. The molecule has 1 aromatic rings. The monoisotopic (exact) mass is 391 g/mol. The van der Waals surface area contributed by atoms with Crippen molar-refractivity contribution >= 4 is 28.7 Å². The Morgan fingerprint density at radius 2 is 1.70 bits per heavy atom.